The molecule has 3 atom stereocenters. The van der Waals surface area contributed by atoms with Crippen molar-refractivity contribution in [2.45, 2.75) is 39.2 Å². The minimum absolute atomic E-state index is 0.0929. The monoisotopic (exact) mass is 521 g/mol. The second-order valence-corrected chi connectivity index (χ2v) is 12.4. The van der Waals surface area contributed by atoms with Gasteiger partial charge in [-0.15, -0.1) is 0 Å². The van der Waals surface area contributed by atoms with Crippen LogP contribution in [0.4, 0.5) is 0 Å². The van der Waals surface area contributed by atoms with Gasteiger partial charge in [0.2, 0.25) is 5.88 Å². The fourth-order valence-corrected chi connectivity index (χ4v) is 6.25. The summed E-state index contributed by atoms with van der Waals surface area (Å²) in [5.74, 6) is 0.887. The van der Waals surface area contributed by atoms with E-state index in [9.17, 15) is 18.3 Å². The van der Waals surface area contributed by atoms with Crippen LogP contribution in [0.2, 0.25) is 0 Å². The highest BCUT2D eigenvalue weighted by Gasteiger charge is 2.59. The zero-order valence-electron chi connectivity index (χ0n) is 21.2. The fraction of sp³-hybridized carbons (Fsp3) is 0.379. The van der Waals surface area contributed by atoms with Crippen LogP contribution < -0.4 is 9.47 Å². The Bertz CT molecular complexity index is 1440. The first-order valence-electron chi connectivity index (χ1n) is 12.5. The number of ether oxygens (including phenoxy) is 2. The van der Waals surface area contributed by atoms with Crippen molar-refractivity contribution in [1.82, 2.24) is 4.98 Å². The summed E-state index contributed by atoms with van der Waals surface area (Å²) in [6, 6.07) is 16.1. The van der Waals surface area contributed by atoms with Crippen molar-refractivity contribution >= 4 is 15.8 Å². The van der Waals surface area contributed by atoms with Crippen molar-refractivity contribution in [3.8, 4) is 22.8 Å². The van der Waals surface area contributed by atoms with Gasteiger partial charge in [-0.05, 0) is 78.6 Å². The van der Waals surface area contributed by atoms with E-state index in [1.165, 1.54) is 11.8 Å². The molecule has 1 heterocycles. The highest BCUT2D eigenvalue weighted by Crippen LogP contribution is 2.61. The molecule has 1 fully saturated rings. The van der Waals surface area contributed by atoms with Gasteiger partial charge in [0.25, 0.3) is 0 Å². The van der Waals surface area contributed by atoms with Gasteiger partial charge >= 0.3 is 5.97 Å². The van der Waals surface area contributed by atoms with E-state index in [1.54, 1.807) is 0 Å². The van der Waals surface area contributed by atoms with Crippen molar-refractivity contribution < 1.29 is 27.8 Å². The second kappa shape index (κ2) is 9.82. The standard InChI is InChI=1S/C29H31NO6S/c1-17-12-25(35-10-5-11-37(3,33)34)30-18(2)26(17)20-7-4-6-19(13-20)16-36-22-8-9-23-21(14-22)15-24-27(23)28(24)29(31)32/h4,6-9,12-14,24,27-28H,5,10-11,15-16H2,1-3H3,(H,31,32)/t24-,27+,28?/m1/s1. The lowest BCUT2D eigenvalue weighted by atomic mass is 9.98. The molecule has 37 heavy (non-hydrogen) atoms. The van der Waals surface area contributed by atoms with Crippen molar-refractivity contribution in [3.05, 3.63) is 76.5 Å². The van der Waals surface area contributed by atoms with Gasteiger partial charge in [-0.3, -0.25) is 4.79 Å². The Hall–Kier alpha value is -3.39. The molecule has 8 heteroatoms. The first kappa shape index (κ1) is 25.3. The van der Waals surface area contributed by atoms with Crippen LogP contribution in [0, 0.1) is 25.7 Å². The Kier molecular flexibility index (Phi) is 6.70. The number of pyridine rings is 1. The maximum Gasteiger partial charge on any atom is 0.307 e. The summed E-state index contributed by atoms with van der Waals surface area (Å²) < 4.78 is 34.4. The maximum absolute atomic E-state index is 11.3. The summed E-state index contributed by atoms with van der Waals surface area (Å²) in [7, 11) is -3.00. The Morgan fingerprint density at radius 2 is 1.92 bits per heavy atom. The summed E-state index contributed by atoms with van der Waals surface area (Å²) in [6.45, 7) is 4.68. The van der Waals surface area contributed by atoms with E-state index < -0.39 is 15.8 Å². The van der Waals surface area contributed by atoms with Crippen LogP contribution in [-0.2, 0) is 27.7 Å². The van der Waals surface area contributed by atoms with E-state index in [-0.39, 0.29) is 23.5 Å². The minimum atomic E-state index is -3.00. The van der Waals surface area contributed by atoms with Crippen LogP contribution in [0.15, 0.2) is 48.5 Å². The number of aromatic nitrogens is 1. The molecule has 0 aliphatic heterocycles. The summed E-state index contributed by atoms with van der Waals surface area (Å²) in [6.07, 6.45) is 2.46. The van der Waals surface area contributed by atoms with Crippen LogP contribution >= 0.6 is 0 Å². The molecule has 1 saturated carbocycles. The van der Waals surface area contributed by atoms with Crippen LogP contribution in [0.1, 0.15) is 40.3 Å². The van der Waals surface area contributed by atoms with Crippen molar-refractivity contribution in [2.75, 3.05) is 18.6 Å². The normalized spacial score (nSPS) is 19.7. The van der Waals surface area contributed by atoms with E-state index in [0.29, 0.717) is 25.5 Å². The van der Waals surface area contributed by atoms with Crippen LogP contribution in [0.5, 0.6) is 11.6 Å². The van der Waals surface area contributed by atoms with E-state index in [4.69, 9.17) is 9.47 Å². The van der Waals surface area contributed by atoms with Gasteiger partial charge in [0.15, 0.2) is 0 Å². The highest BCUT2D eigenvalue weighted by molar-refractivity contribution is 7.90. The van der Waals surface area contributed by atoms with E-state index in [1.807, 2.05) is 50.2 Å². The molecule has 2 aromatic carbocycles. The smallest absolute Gasteiger partial charge is 0.307 e. The van der Waals surface area contributed by atoms with Crippen LogP contribution in [-0.4, -0.2) is 43.1 Å². The number of rotatable bonds is 10. The molecule has 0 bridgehead atoms. The van der Waals surface area contributed by atoms with Gasteiger partial charge in [-0.1, -0.05) is 24.3 Å². The molecule has 1 aromatic heterocycles. The molecule has 2 aliphatic rings. The number of carboxylic acids is 1. The third-order valence-corrected chi connectivity index (χ3v) is 8.32. The van der Waals surface area contributed by atoms with Gasteiger partial charge in [-0.2, -0.15) is 0 Å². The van der Waals surface area contributed by atoms with Gasteiger partial charge in [0.1, 0.15) is 22.2 Å². The third-order valence-electron chi connectivity index (χ3n) is 7.29. The number of aryl methyl sites for hydroxylation is 2. The number of aliphatic carboxylic acids is 1. The lowest BCUT2D eigenvalue weighted by Gasteiger charge is -2.14. The number of benzene rings is 2. The number of carbonyl (C=O) groups is 1. The highest BCUT2D eigenvalue weighted by atomic mass is 32.2. The third kappa shape index (κ3) is 5.49. The molecule has 2 aliphatic carbocycles. The molecule has 0 radical (unpaired) electrons. The minimum Gasteiger partial charge on any atom is -0.489 e. The van der Waals surface area contributed by atoms with Gasteiger partial charge in [0.05, 0.1) is 18.3 Å². The molecular weight excluding hydrogens is 490 g/mol. The molecule has 0 amide bonds. The predicted molar refractivity (Wildman–Crippen MR) is 141 cm³/mol. The van der Waals surface area contributed by atoms with Crippen molar-refractivity contribution in [2.24, 2.45) is 11.8 Å². The number of nitrogens with zero attached hydrogens (tertiary/aromatic N) is 1. The van der Waals surface area contributed by atoms with Gasteiger partial charge in [0, 0.05) is 29.5 Å². The van der Waals surface area contributed by atoms with E-state index in [2.05, 4.69) is 17.1 Å². The topological polar surface area (TPSA) is 103 Å². The van der Waals surface area contributed by atoms with Gasteiger partial charge < -0.3 is 14.6 Å². The zero-order chi connectivity index (χ0) is 26.3. The average Bonchev–Trinajstić information content (AvgIpc) is 3.42. The Morgan fingerprint density at radius 3 is 2.65 bits per heavy atom. The molecule has 0 saturated heterocycles. The molecule has 194 valence electrons. The quantitative estimate of drug-likeness (QED) is 0.385. The summed E-state index contributed by atoms with van der Waals surface area (Å²) in [4.78, 5) is 15.9. The van der Waals surface area contributed by atoms with Crippen LogP contribution in [0.3, 0.4) is 0 Å². The number of sulfone groups is 1. The van der Waals surface area contributed by atoms with Crippen LogP contribution in [0.25, 0.3) is 11.1 Å². The second-order valence-electron chi connectivity index (χ2n) is 10.2. The zero-order valence-corrected chi connectivity index (χ0v) is 22.0. The Balaban J connectivity index is 1.23. The summed E-state index contributed by atoms with van der Waals surface area (Å²) >= 11 is 0. The van der Waals surface area contributed by atoms with Crippen molar-refractivity contribution in [1.29, 1.82) is 0 Å². The first-order valence-corrected chi connectivity index (χ1v) is 14.5. The largest absolute Gasteiger partial charge is 0.489 e. The summed E-state index contributed by atoms with van der Waals surface area (Å²) in [5.41, 5.74) is 7.35. The molecule has 0 spiro atoms. The maximum atomic E-state index is 11.3. The predicted octanol–water partition coefficient (Wildman–Crippen LogP) is 4.73. The number of hydrogen-bond donors (Lipinski definition) is 1. The first-order chi connectivity index (χ1) is 17.6. The number of carboxylic acid groups (broad SMARTS) is 1. The molecular formula is C29H31NO6S. The molecule has 7 nitrogen and oxygen atoms in total. The lowest BCUT2D eigenvalue weighted by molar-refractivity contribution is -0.139. The number of hydrogen-bond acceptors (Lipinski definition) is 6. The molecule has 3 aromatic rings. The molecule has 5 rings (SSSR count). The lowest BCUT2D eigenvalue weighted by Crippen LogP contribution is -2.09. The Morgan fingerprint density at radius 1 is 1.11 bits per heavy atom. The Labute approximate surface area is 217 Å². The molecule has 1 N–H and O–H groups in total. The molecule has 1 unspecified atom stereocenters. The average molecular weight is 522 g/mol. The fourth-order valence-electron chi connectivity index (χ4n) is 5.60. The summed E-state index contributed by atoms with van der Waals surface area (Å²) in [5, 5.41) is 9.32. The SMILES string of the molecule is Cc1cc(OCCCS(C)(=O)=O)nc(C)c1-c1cccc(COc2ccc3c(c2)C[C@H]2C(C(=O)O)[C@@H]32)c1. The van der Waals surface area contributed by atoms with Gasteiger partial charge in [-0.25, -0.2) is 13.4 Å². The van der Waals surface area contributed by atoms with Crippen molar-refractivity contribution in [3.63, 3.8) is 0 Å². The van der Waals surface area contributed by atoms with E-state index >= 15 is 0 Å². The van der Waals surface area contributed by atoms with E-state index in [0.717, 1.165) is 45.7 Å². The number of fused-ring (bicyclic) bond motifs is 3.